The van der Waals surface area contributed by atoms with Crippen LogP contribution in [0.25, 0.3) is 0 Å². The van der Waals surface area contributed by atoms with Crippen LogP contribution in [0.15, 0.2) is 51.3 Å². The molecule has 2 N–H and O–H groups in total. The minimum Gasteiger partial charge on any atom is -0.384 e. The zero-order valence-corrected chi connectivity index (χ0v) is 19.9. The van der Waals surface area contributed by atoms with E-state index in [-0.39, 0.29) is 11.2 Å². The fourth-order valence-corrected chi connectivity index (χ4v) is 6.20. The van der Waals surface area contributed by atoms with E-state index in [0.717, 1.165) is 21.4 Å². The van der Waals surface area contributed by atoms with Gasteiger partial charge in [-0.05, 0) is 35.3 Å². The summed E-state index contributed by atoms with van der Waals surface area (Å²) in [4.78, 5) is 15.2. The van der Waals surface area contributed by atoms with Crippen molar-refractivity contribution in [3.8, 4) is 6.07 Å². The first kappa shape index (κ1) is 21.9. The topological polar surface area (TPSA) is 95.9 Å². The number of ketones is 1. The lowest BCUT2D eigenvalue weighted by atomic mass is 9.69. The van der Waals surface area contributed by atoms with Gasteiger partial charge in [-0.25, -0.2) is 0 Å². The van der Waals surface area contributed by atoms with E-state index in [0.29, 0.717) is 40.0 Å². The van der Waals surface area contributed by atoms with Crippen molar-refractivity contribution in [1.82, 2.24) is 10.2 Å². The van der Waals surface area contributed by atoms with Crippen molar-refractivity contribution in [2.45, 2.75) is 43.9 Å². The second-order valence-corrected chi connectivity index (χ2v) is 11.2. The lowest BCUT2D eigenvalue weighted by molar-refractivity contribution is -0.118. The number of benzene rings is 1. The third kappa shape index (κ3) is 3.98. The molecule has 1 unspecified atom stereocenters. The van der Waals surface area contributed by atoms with Crippen LogP contribution >= 0.6 is 34.7 Å². The lowest BCUT2D eigenvalue weighted by Crippen LogP contribution is -2.42. The molecule has 2 aromatic rings. The average Bonchev–Trinajstić information content (AvgIpc) is 3.14. The van der Waals surface area contributed by atoms with E-state index in [9.17, 15) is 10.1 Å². The van der Waals surface area contributed by atoms with Gasteiger partial charge < -0.3 is 5.73 Å². The van der Waals surface area contributed by atoms with Gasteiger partial charge in [0.2, 0.25) is 5.13 Å². The van der Waals surface area contributed by atoms with Gasteiger partial charge in [0.25, 0.3) is 0 Å². The van der Waals surface area contributed by atoms with Crippen molar-refractivity contribution in [2.75, 3.05) is 10.7 Å². The Labute approximate surface area is 194 Å². The molecule has 2 heterocycles. The molecule has 1 aromatic carbocycles. The van der Waals surface area contributed by atoms with Gasteiger partial charge in [0.15, 0.2) is 10.1 Å². The van der Waals surface area contributed by atoms with Crippen LogP contribution in [0, 0.1) is 16.7 Å². The zero-order chi connectivity index (χ0) is 22.3. The highest BCUT2D eigenvalue weighted by Crippen LogP contribution is 2.50. The molecular formula is C22H22ClN5OS2. The molecule has 0 spiro atoms. The van der Waals surface area contributed by atoms with E-state index in [1.54, 1.807) is 28.8 Å². The number of hydrogen-bond acceptors (Lipinski definition) is 8. The predicted octanol–water partition coefficient (Wildman–Crippen LogP) is 5.24. The van der Waals surface area contributed by atoms with Crippen LogP contribution in [0.4, 0.5) is 5.13 Å². The van der Waals surface area contributed by atoms with Gasteiger partial charge in [0.1, 0.15) is 5.82 Å². The third-order valence-corrected chi connectivity index (χ3v) is 7.58. The Morgan fingerprint density at radius 3 is 2.84 bits per heavy atom. The van der Waals surface area contributed by atoms with Crippen LogP contribution in [0.2, 0.25) is 5.02 Å². The molecule has 9 heteroatoms. The molecule has 2 aliphatic rings. The van der Waals surface area contributed by atoms with Crippen LogP contribution in [-0.4, -0.2) is 21.7 Å². The van der Waals surface area contributed by atoms with Crippen LogP contribution in [0.3, 0.4) is 0 Å². The molecule has 1 aliphatic heterocycles. The molecule has 0 saturated carbocycles. The Morgan fingerprint density at radius 1 is 1.39 bits per heavy atom. The van der Waals surface area contributed by atoms with Gasteiger partial charge in [-0.1, -0.05) is 67.6 Å². The minimum absolute atomic E-state index is 0.0224. The molecule has 160 valence electrons. The molecule has 1 aliphatic carbocycles. The van der Waals surface area contributed by atoms with E-state index < -0.39 is 5.92 Å². The van der Waals surface area contributed by atoms with Gasteiger partial charge >= 0.3 is 0 Å². The maximum Gasteiger partial charge on any atom is 0.219 e. The first-order valence-corrected chi connectivity index (χ1v) is 12.1. The quantitative estimate of drug-likeness (QED) is 0.608. The number of halogens is 1. The fraction of sp³-hybridized carbons (Fsp3) is 0.364. The Kier molecular flexibility index (Phi) is 5.86. The number of nitrogens with two attached hydrogens (primary N) is 1. The van der Waals surface area contributed by atoms with E-state index in [4.69, 9.17) is 17.3 Å². The summed E-state index contributed by atoms with van der Waals surface area (Å²) in [5.41, 5.74) is 8.87. The number of anilines is 1. The number of aromatic nitrogens is 2. The van der Waals surface area contributed by atoms with E-state index >= 15 is 0 Å². The normalized spacial score (nSPS) is 20.7. The number of nitrogens with zero attached hydrogens (tertiary/aromatic N) is 4. The summed E-state index contributed by atoms with van der Waals surface area (Å²) in [6, 6.07) is 9.54. The lowest BCUT2D eigenvalue weighted by Gasteiger charge is -2.42. The average molecular weight is 472 g/mol. The van der Waals surface area contributed by atoms with Gasteiger partial charge in [0.05, 0.1) is 17.6 Å². The molecule has 1 aromatic heterocycles. The highest BCUT2D eigenvalue weighted by atomic mass is 35.5. The number of rotatable bonds is 4. The van der Waals surface area contributed by atoms with Gasteiger partial charge in [-0.2, -0.15) is 5.26 Å². The molecule has 0 radical (unpaired) electrons. The highest BCUT2D eigenvalue weighted by Gasteiger charge is 2.45. The summed E-state index contributed by atoms with van der Waals surface area (Å²) in [7, 11) is 0. The number of hydrogen-bond donors (Lipinski definition) is 1. The summed E-state index contributed by atoms with van der Waals surface area (Å²) in [5.74, 6) is 0.644. The monoisotopic (exact) mass is 471 g/mol. The largest absolute Gasteiger partial charge is 0.384 e. The summed E-state index contributed by atoms with van der Waals surface area (Å²) >= 11 is 9.25. The summed E-state index contributed by atoms with van der Waals surface area (Å²) in [6.07, 6.45) is 1.04. The fourth-order valence-electron chi connectivity index (χ4n) is 4.22. The number of thioether (sulfide) groups is 1. The third-order valence-electron chi connectivity index (χ3n) is 5.42. The molecule has 0 bridgehead atoms. The Hall–Kier alpha value is -2.34. The van der Waals surface area contributed by atoms with E-state index in [1.807, 2.05) is 19.1 Å². The number of carbonyl (C=O) groups excluding carboxylic acids is 1. The summed E-state index contributed by atoms with van der Waals surface area (Å²) in [5, 5.41) is 19.8. The van der Waals surface area contributed by atoms with Crippen molar-refractivity contribution in [2.24, 2.45) is 11.1 Å². The van der Waals surface area contributed by atoms with Crippen molar-refractivity contribution in [3.63, 3.8) is 0 Å². The van der Waals surface area contributed by atoms with Crippen LogP contribution in [0.5, 0.6) is 0 Å². The number of nitriles is 1. The standard InChI is InChI=1S/C22H22ClN5OS2/c1-4-30-21-27-26-20(31-21)28-15-9-22(2,3)10-16(29)18(15)17(14(11-24)19(28)25)12-6-5-7-13(23)8-12/h5-8,17H,4,9-10,25H2,1-3H3. The molecule has 6 nitrogen and oxygen atoms in total. The molecule has 31 heavy (non-hydrogen) atoms. The van der Waals surface area contributed by atoms with Crippen LogP contribution < -0.4 is 10.6 Å². The first-order valence-electron chi connectivity index (χ1n) is 9.93. The number of allylic oxidation sites excluding steroid dienone is 3. The SMILES string of the molecule is CCSc1nnc(N2C(N)=C(C#N)C(c3cccc(Cl)c3)C3=C2CC(C)(C)CC3=O)s1. The van der Waals surface area contributed by atoms with Crippen molar-refractivity contribution >= 4 is 45.6 Å². The highest BCUT2D eigenvalue weighted by molar-refractivity contribution is 8.01. The molecule has 0 amide bonds. The molecule has 1 atom stereocenters. The van der Waals surface area contributed by atoms with Gasteiger partial charge in [0, 0.05) is 22.7 Å². The molecule has 0 saturated heterocycles. The zero-order valence-electron chi connectivity index (χ0n) is 17.5. The Morgan fingerprint density at radius 2 is 2.16 bits per heavy atom. The van der Waals surface area contributed by atoms with Crippen molar-refractivity contribution in [1.29, 1.82) is 5.26 Å². The van der Waals surface area contributed by atoms with E-state index in [2.05, 4.69) is 30.1 Å². The first-order chi connectivity index (χ1) is 14.8. The van der Waals surface area contributed by atoms with Crippen LogP contribution in [0.1, 0.15) is 45.1 Å². The maximum atomic E-state index is 13.4. The summed E-state index contributed by atoms with van der Waals surface area (Å²) in [6.45, 7) is 6.19. The Balaban J connectivity index is 1.95. The van der Waals surface area contributed by atoms with Gasteiger partial charge in [-0.3, -0.25) is 9.69 Å². The van der Waals surface area contributed by atoms with Crippen molar-refractivity contribution in [3.05, 3.63) is 57.5 Å². The summed E-state index contributed by atoms with van der Waals surface area (Å²) < 4.78 is 0.823. The number of Topliss-reactive ketones (excluding diaryl/α,β-unsaturated/α-hetero) is 1. The smallest absolute Gasteiger partial charge is 0.219 e. The predicted molar refractivity (Wildman–Crippen MR) is 125 cm³/mol. The maximum absolute atomic E-state index is 13.4. The van der Waals surface area contributed by atoms with Gasteiger partial charge in [-0.15, -0.1) is 10.2 Å². The number of carbonyl (C=O) groups is 1. The minimum atomic E-state index is -0.545. The van der Waals surface area contributed by atoms with E-state index in [1.165, 1.54) is 11.3 Å². The van der Waals surface area contributed by atoms with Crippen LogP contribution in [-0.2, 0) is 4.79 Å². The molecule has 4 rings (SSSR count). The molecule has 0 fully saturated rings. The van der Waals surface area contributed by atoms with Crippen molar-refractivity contribution < 1.29 is 4.79 Å². The Bertz CT molecular complexity index is 1160. The molecular weight excluding hydrogens is 450 g/mol. The second-order valence-electron chi connectivity index (χ2n) is 8.32. The second kappa shape index (κ2) is 8.30.